The highest BCUT2D eigenvalue weighted by Gasteiger charge is 2.30. The summed E-state index contributed by atoms with van der Waals surface area (Å²) in [6, 6.07) is 0. The largest absolute Gasteiger partial charge is 0.466 e. The average molecular weight is 243 g/mol. The van der Waals surface area contributed by atoms with Gasteiger partial charge >= 0.3 is 5.97 Å². The summed E-state index contributed by atoms with van der Waals surface area (Å²) in [6.45, 7) is 5.25. The Hall–Kier alpha value is -0.290. The number of halogens is 1. The van der Waals surface area contributed by atoms with Gasteiger partial charge in [-0.2, -0.15) is 0 Å². The van der Waals surface area contributed by atoms with Gasteiger partial charge in [0, 0.05) is 10.7 Å². The molecule has 14 heavy (non-hydrogen) atoms. The van der Waals surface area contributed by atoms with Gasteiger partial charge < -0.3 is 4.74 Å². The fourth-order valence-corrected chi connectivity index (χ4v) is 1.79. The van der Waals surface area contributed by atoms with E-state index in [0.717, 1.165) is 0 Å². The van der Waals surface area contributed by atoms with E-state index in [1.54, 1.807) is 20.8 Å². The summed E-state index contributed by atoms with van der Waals surface area (Å²) in [5.41, 5.74) is -0.808. The first kappa shape index (κ1) is 13.7. The second-order valence-electron chi connectivity index (χ2n) is 3.60. The standard InChI is InChI=1S/C8H15ClO4S/c1-4-13-7(10)8(2,3)5-6-14(9,11)12/h4-6H2,1-3H3. The Labute approximate surface area is 89.0 Å². The Balaban J connectivity index is 4.27. The summed E-state index contributed by atoms with van der Waals surface area (Å²) in [5.74, 6) is -0.624. The van der Waals surface area contributed by atoms with E-state index in [-0.39, 0.29) is 18.8 Å². The molecule has 0 aromatic rings. The molecule has 0 radical (unpaired) electrons. The van der Waals surface area contributed by atoms with Crippen molar-refractivity contribution in [2.75, 3.05) is 12.4 Å². The molecule has 0 saturated heterocycles. The van der Waals surface area contributed by atoms with E-state index >= 15 is 0 Å². The zero-order chi connectivity index (χ0) is 11.4. The molecule has 0 spiro atoms. The van der Waals surface area contributed by atoms with Crippen LogP contribution >= 0.6 is 10.7 Å². The van der Waals surface area contributed by atoms with Gasteiger partial charge in [0.1, 0.15) is 0 Å². The summed E-state index contributed by atoms with van der Waals surface area (Å²) in [4.78, 5) is 11.3. The van der Waals surface area contributed by atoms with Crippen LogP contribution < -0.4 is 0 Å². The highest BCUT2D eigenvalue weighted by atomic mass is 35.7. The molecule has 0 amide bonds. The molecule has 6 heteroatoms. The van der Waals surface area contributed by atoms with Crippen LogP contribution in [0.5, 0.6) is 0 Å². The summed E-state index contributed by atoms with van der Waals surface area (Å²) >= 11 is 0. The lowest BCUT2D eigenvalue weighted by molar-refractivity contribution is -0.153. The second kappa shape index (κ2) is 4.98. The summed E-state index contributed by atoms with van der Waals surface area (Å²) in [6.07, 6.45) is 0.164. The van der Waals surface area contributed by atoms with Gasteiger partial charge in [0.25, 0.3) is 0 Å². The molecule has 0 aromatic carbocycles. The van der Waals surface area contributed by atoms with Crippen molar-refractivity contribution in [3.63, 3.8) is 0 Å². The van der Waals surface area contributed by atoms with Crippen molar-refractivity contribution in [1.29, 1.82) is 0 Å². The molecule has 4 nitrogen and oxygen atoms in total. The third-order valence-electron chi connectivity index (χ3n) is 1.80. The van der Waals surface area contributed by atoms with Gasteiger partial charge in [-0.15, -0.1) is 0 Å². The molecule has 0 N–H and O–H groups in total. The van der Waals surface area contributed by atoms with E-state index < -0.39 is 20.4 Å². The van der Waals surface area contributed by atoms with E-state index in [0.29, 0.717) is 0 Å². The van der Waals surface area contributed by atoms with E-state index in [4.69, 9.17) is 15.4 Å². The number of hydrogen-bond donors (Lipinski definition) is 0. The van der Waals surface area contributed by atoms with Crippen LogP contribution in [0.1, 0.15) is 27.2 Å². The van der Waals surface area contributed by atoms with Crippen molar-refractivity contribution < 1.29 is 17.9 Å². The highest BCUT2D eigenvalue weighted by molar-refractivity contribution is 8.13. The first-order chi connectivity index (χ1) is 6.19. The highest BCUT2D eigenvalue weighted by Crippen LogP contribution is 2.23. The zero-order valence-corrected chi connectivity index (χ0v) is 10.1. The van der Waals surface area contributed by atoms with Crippen molar-refractivity contribution in [2.24, 2.45) is 5.41 Å². The van der Waals surface area contributed by atoms with Crippen molar-refractivity contribution in [3.8, 4) is 0 Å². The molecule has 0 aliphatic heterocycles. The summed E-state index contributed by atoms with van der Waals surface area (Å²) in [7, 11) is 1.50. The Morgan fingerprint density at radius 1 is 1.43 bits per heavy atom. The van der Waals surface area contributed by atoms with Gasteiger partial charge in [0.05, 0.1) is 17.8 Å². The van der Waals surface area contributed by atoms with Crippen molar-refractivity contribution in [3.05, 3.63) is 0 Å². The average Bonchev–Trinajstić information content (AvgIpc) is 2.00. The van der Waals surface area contributed by atoms with E-state index in [9.17, 15) is 13.2 Å². The molecule has 0 atom stereocenters. The first-order valence-corrected chi connectivity index (χ1v) is 6.76. The Bertz CT molecular complexity index is 294. The number of carbonyl (C=O) groups is 1. The van der Waals surface area contributed by atoms with Crippen LogP contribution in [0.15, 0.2) is 0 Å². The minimum Gasteiger partial charge on any atom is -0.466 e. The number of hydrogen-bond acceptors (Lipinski definition) is 4. The third kappa shape index (κ3) is 5.44. The van der Waals surface area contributed by atoms with Crippen LogP contribution in [0.3, 0.4) is 0 Å². The maximum absolute atomic E-state index is 11.3. The monoisotopic (exact) mass is 242 g/mol. The molecule has 0 unspecified atom stereocenters. The van der Waals surface area contributed by atoms with Crippen LogP contribution in [-0.2, 0) is 18.6 Å². The molecule has 0 aliphatic rings. The van der Waals surface area contributed by atoms with Crippen LogP contribution in [0.4, 0.5) is 0 Å². The van der Waals surface area contributed by atoms with Crippen LogP contribution in [0.25, 0.3) is 0 Å². The molecule has 0 aliphatic carbocycles. The molecular weight excluding hydrogens is 228 g/mol. The lowest BCUT2D eigenvalue weighted by Crippen LogP contribution is -2.28. The van der Waals surface area contributed by atoms with Crippen LogP contribution in [-0.4, -0.2) is 26.7 Å². The molecule has 0 rings (SSSR count). The minimum absolute atomic E-state index is 0.164. The molecule has 0 bridgehead atoms. The lowest BCUT2D eigenvalue weighted by Gasteiger charge is -2.21. The predicted octanol–water partition coefficient (Wildman–Crippen LogP) is 1.53. The number of esters is 1. The van der Waals surface area contributed by atoms with Gasteiger partial charge in [-0.3, -0.25) is 4.79 Å². The number of carbonyl (C=O) groups excluding carboxylic acids is 1. The first-order valence-electron chi connectivity index (χ1n) is 4.28. The smallest absolute Gasteiger partial charge is 0.311 e. The SMILES string of the molecule is CCOC(=O)C(C)(C)CCS(=O)(=O)Cl. The fourth-order valence-electron chi connectivity index (χ4n) is 0.806. The summed E-state index contributed by atoms with van der Waals surface area (Å²) in [5, 5.41) is 0. The minimum atomic E-state index is -3.54. The van der Waals surface area contributed by atoms with E-state index in [1.165, 1.54) is 0 Å². The van der Waals surface area contributed by atoms with Crippen LogP contribution in [0, 0.1) is 5.41 Å². The molecule has 84 valence electrons. The fraction of sp³-hybridized carbons (Fsp3) is 0.875. The van der Waals surface area contributed by atoms with Gasteiger partial charge in [-0.1, -0.05) is 0 Å². The number of ether oxygens (including phenoxy) is 1. The quantitative estimate of drug-likeness (QED) is 0.542. The lowest BCUT2D eigenvalue weighted by atomic mass is 9.90. The van der Waals surface area contributed by atoms with Crippen molar-refractivity contribution >= 4 is 25.7 Å². The number of rotatable bonds is 5. The van der Waals surface area contributed by atoms with E-state index in [2.05, 4.69) is 0 Å². The van der Waals surface area contributed by atoms with Gasteiger partial charge in [-0.05, 0) is 27.2 Å². The van der Waals surface area contributed by atoms with Gasteiger partial charge in [-0.25, -0.2) is 8.42 Å². The molecule has 0 fully saturated rings. The molecule has 0 aromatic heterocycles. The van der Waals surface area contributed by atoms with Gasteiger partial charge in [0.15, 0.2) is 0 Å². The maximum Gasteiger partial charge on any atom is 0.311 e. The molecular formula is C8H15ClO4S. The maximum atomic E-state index is 11.3. The normalized spacial score (nSPS) is 12.6. The van der Waals surface area contributed by atoms with Crippen molar-refractivity contribution in [1.82, 2.24) is 0 Å². The third-order valence-corrected chi connectivity index (χ3v) is 2.95. The predicted molar refractivity (Wildman–Crippen MR) is 54.7 cm³/mol. The van der Waals surface area contributed by atoms with Crippen LogP contribution in [0.2, 0.25) is 0 Å². The van der Waals surface area contributed by atoms with Crippen molar-refractivity contribution in [2.45, 2.75) is 27.2 Å². The van der Waals surface area contributed by atoms with Gasteiger partial charge in [0.2, 0.25) is 9.05 Å². The topological polar surface area (TPSA) is 60.4 Å². The Morgan fingerprint density at radius 2 is 1.93 bits per heavy atom. The summed E-state index contributed by atoms with van der Waals surface area (Å²) < 4.78 is 26.1. The molecule has 0 heterocycles. The zero-order valence-electron chi connectivity index (χ0n) is 8.54. The second-order valence-corrected chi connectivity index (χ2v) is 6.49. The van der Waals surface area contributed by atoms with E-state index in [1.807, 2.05) is 0 Å². The Morgan fingerprint density at radius 3 is 2.29 bits per heavy atom. The Kier molecular flexibility index (Phi) is 4.88. The molecule has 0 saturated carbocycles.